The van der Waals surface area contributed by atoms with Gasteiger partial charge in [-0.3, -0.25) is 4.79 Å². The van der Waals surface area contributed by atoms with E-state index in [1.165, 1.54) is 18.3 Å². The van der Waals surface area contributed by atoms with Gasteiger partial charge >= 0.3 is 0 Å². The van der Waals surface area contributed by atoms with E-state index in [2.05, 4.69) is 10.3 Å². The minimum absolute atomic E-state index is 0.0394. The summed E-state index contributed by atoms with van der Waals surface area (Å²) in [4.78, 5) is 15.7. The van der Waals surface area contributed by atoms with Crippen molar-refractivity contribution in [2.75, 3.05) is 5.32 Å². The lowest BCUT2D eigenvalue weighted by atomic mass is 10.2. The fraction of sp³-hybridized carbons (Fsp3) is 0. The van der Waals surface area contributed by atoms with Gasteiger partial charge in [-0.25, -0.2) is 9.37 Å². The molecule has 1 aromatic heterocycles. The van der Waals surface area contributed by atoms with Gasteiger partial charge in [-0.05, 0) is 30.3 Å². The Morgan fingerprint density at radius 2 is 2.00 bits per heavy atom. The number of rotatable bonds is 2. The highest BCUT2D eigenvalue weighted by atomic mass is 35.5. The second-order valence-electron chi connectivity index (χ2n) is 3.42. The predicted octanol–water partition coefficient (Wildman–Crippen LogP) is 3.78. The number of benzene rings is 1. The Balaban J connectivity index is 2.22. The van der Waals surface area contributed by atoms with Crippen molar-refractivity contribution in [3.63, 3.8) is 0 Å². The molecule has 1 N–H and O–H groups in total. The summed E-state index contributed by atoms with van der Waals surface area (Å²) in [6.45, 7) is 0. The van der Waals surface area contributed by atoms with E-state index in [0.29, 0.717) is 5.02 Å². The van der Waals surface area contributed by atoms with Crippen LogP contribution in [0.15, 0.2) is 36.5 Å². The molecule has 0 saturated heterocycles. The van der Waals surface area contributed by atoms with Crippen LogP contribution in [0.2, 0.25) is 10.0 Å². The fourth-order valence-corrected chi connectivity index (χ4v) is 1.58. The zero-order valence-corrected chi connectivity index (χ0v) is 10.5. The largest absolute Gasteiger partial charge is 0.305 e. The third-order valence-corrected chi connectivity index (χ3v) is 2.78. The summed E-state index contributed by atoms with van der Waals surface area (Å²) in [6.07, 6.45) is 1.49. The van der Waals surface area contributed by atoms with Crippen LogP contribution in [0.4, 0.5) is 10.2 Å². The third kappa shape index (κ3) is 2.78. The maximum Gasteiger partial charge on any atom is 0.256 e. The van der Waals surface area contributed by atoms with Crippen LogP contribution < -0.4 is 5.32 Å². The highest BCUT2D eigenvalue weighted by Crippen LogP contribution is 2.20. The molecule has 0 radical (unpaired) electrons. The molecule has 0 aliphatic heterocycles. The summed E-state index contributed by atoms with van der Waals surface area (Å²) in [6, 6.07) is 7.00. The third-order valence-electron chi connectivity index (χ3n) is 2.17. The number of nitrogens with one attached hydrogen (secondary N) is 1. The molecule has 0 aliphatic carbocycles. The van der Waals surface area contributed by atoms with Crippen LogP contribution in [-0.2, 0) is 0 Å². The molecule has 2 rings (SSSR count). The first-order valence-corrected chi connectivity index (χ1v) is 5.70. The van der Waals surface area contributed by atoms with Gasteiger partial charge in [0.25, 0.3) is 5.91 Å². The van der Waals surface area contributed by atoms with Crippen LogP contribution in [0.25, 0.3) is 0 Å². The number of anilines is 1. The minimum Gasteiger partial charge on any atom is -0.305 e. The van der Waals surface area contributed by atoms with Gasteiger partial charge in [0.05, 0.1) is 10.0 Å². The van der Waals surface area contributed by atoms with E-state index in [0.717, 1.165) is 6.07 Å². The average Bonchev–Trinajstić information content (AvgIpc) is 2.35. The summed E-state index contributed by atoms with van der Waals surface area (Å²) in [5.74, 6) is -0.942. The highest BCUT2D eigenvalue weighted by molar-refractivity contribution is 6.33. The summed E-state index contributed by atoms with van der Waals surface area (Å²) >= 11 is 11.4. The van der Waals surface area contributed by atoms with Crippen molar-refractivity contribution in [1.82, 2.24) is 4.98 Å². The SMILES string of the molecule is O=C(Nc1ncccc1Cl)c1ccc(Cl)c(F)c1. The first-order chi connectivity index (χ1) is 8.58. The van der Waals surface area contributed by atoms with Crippen LogP contribution in [-0.4, -0.2) is 10.9 Å². The van der Waals surface area contributed by atoms with Crippen molar-refractivity contribution in [3.8, 4) is 0 Å². The zero-order valence-electron chi connectivity index (χ0n) is 8.95. The van der Waals surface area contributed by atoms with Crippen LogP contribution in [0, 0.1) is 5.82 Å². The van der Waals surface area contributed by atoms with E-state index in [1.54, 1.807) is 12.1 Å². The molecule has 1 aromatic carbocycles. The number of nitrogens with zero attached hydrogens (tertiary/aromatic N) is 1. The topological polar surface area (TPSA) is 42.0 Å². The van der Waals surface area contributed by atoms with Crippen molar-refractivity contribution in [2.45, 2.75) is 0 Å². The van der Waals surface area contributed by atoms with Crippen LogP contribution in [0.5, 0.6) is 0 Å². The number of carbonyl (C=O) groups is 1. The molecule has 0 fully saturated rings. The van der Waals surface area contributed by atoms with Crippen molar-refractivity contribution < 1.29 is 9.18 Å². The molecule has 0 unspecified atom stereocenters. The number of aromatic nitrogens is 1. The second kappa shape index (κ2) is 5.33. The molecule has 6 heteroatoms. The lowest BCUT2D eigenvalue weighted by Gasteiger charge is -2.06. The number of halogens is 3. The zero-order chi connectivity index (χ0) is 13.1. The van der Waals surface area contributed by atoms with E-state index in [4.69, 9.17) is 23.2 Å². The van der Waals surface area contributed by atoms with Gasteiger partial charge in [0.2, 0.25) is 0 Å². The number of pyridine rings is 1. The molecular weight excluding hydrogens is 278 g/mol. The Bertz CT molecular complexity index is 604. The molecule has 0 aliphatic rings. The Labute approximate surface area is 113 Å². The molecule has 0 atom stereocenters. The maximum absolute atomic E-state index is 13.2. The van der Waals surface area contributed by atoms with Crippen LogP contribution in [0.1, 0.15) is 10.4 Å². The molecule has 18 heavy (non-hydrogen) atoms. The fourth-order valence-electron chi connectivity index (χ4n) is 1.29. The molecule has 0 spiro atoms. The summed E-state index contributed by atoms with van der Waals surface area (Å²) in [5, 5.41) is 2.75. The lowest BCUT2D eigenvalue weighted by molar-refractivity contribution is 0.102. The first-order valence-electron chi connectivity index (χ1n) is 4.95. The quantitative estimate of drug-likeness (QED) is 0.912. The summed E-state index contributed by atoms with van der Waals surface area (Å²) in [7, 11) is 0. The lowest BCUT2D eigenvalue weighted by Crippen LogP contribution is -2.13. The van der Waals surface area contributed by atoms with Gasteiger partial charge in [-0.2, -0.15) is 0 Å². The monoisotopic (exact) mass is 284 g/mol. The molecule has 1 amide bonds. The van der Waals surface area contributed by atoms with E-state index >= 15 is 0 Å². The van der Waals surface area contributed by atoms with Gasteiger partial charge in [-0.1, -0.05) is 23.2 Å². The van der Waals surface area contributed by atoms with E-state index in [1.807, 2.05) is 0 Å². The highest BCUT2D eigenvalue weighted by Gasteiger charge is 2.11. The molecule has 1 heterocycles. The standard InChI is InChI=1S/C12H7Cl2FN2O/c13-8-4-3-7(6-10(8)15)12(18)17-11-9(14)2-1-5-16-11/h1-6H,(H,16,17,18). The van der Waals surface area contributed by atoms with E-state index in [-0.39, 0.29) is 16.4 Å². The maximum atomic E-state index is 13.2. The van der Waals surface area contributed by atoms with Gasteiger partial charge in [-0.15, -0.1) is 0 Å². The number of amides is 1. The van der Waals surface area contributed by atoms with Gasteiger partial charge < -0.3 is 5.32 Å². The molecule has 3 nitrogen and oxygen atoms in total. The number of carbonyl (C=O) groups excluding carboxylic acids is 1. The first kappa shape index (κ1) is 12.8. The molecular formula is C12H7Cl2FN2O. The van der Waals surface area contributed by atoms with Crippen LogP contribution in [0.3, 0.4) is 0 Å². The predicted molar refractivity (Wildman–Crippen MR) is 68.6 cm³/mol. The molecule has 2 aromatic rings. The molecule has 92 valence electrons. The summed E-state index contributed by atoms with van der Waals surface area (Å²) < 4.78 is 13.2. The van der Waals surface area contributed by atoms with Crippen LogP contribution >= 0.6 is 23.2 Å². The van der Waals surface area contributed by atoms with Crippen molar-refractivity contribution in [2.24, 2.45) is 0 Å². The van der Waals surface area contributed by atoms with Gasteiger partial charge in [0.15, 0.2) is 5.82 Å². The van der Waals surface area contributed by atoms with Crippen molar-refractivity contribution in [3.05, 3.63) is 58.0 Å². The Hall–Kier alpha value is -1.65. The number of hydrogen-bond donors (Lipinski definition) is 1. The normalized spacial score (nSPS) is 10.2. The number of hydrogen-bond acceptors (Lipinski definition) is 2. The van der Waals surface area contributed by atoms with Gasteiger partial charge in [0, 0.05) is 11.8 Å². The smallest absolute Gasteiger partial charge is 0.256 e. The molecule has 0 bridgehead atoms. The Morgan fingerprint density at radius 1 is 1.22 bits per heavy atom. The second-order valence-corrected chi connectivity index (χ2v) is 4.23. The van der Waals surface area contributed by atoms with E-state index in [9.17, 15) is 9.18 Å². The minimum atomic E-state index is -0.656. The average molecular weight is 285 g/mol. The summed E-state index contributed by atoms with van der Waals surface area (Å²) in [5.41, 5.74) is 0.138. The van der Waals surface area contributed by atoms with Gasteiger partial charge in [0.1, 0.15) is 5.82 Å². The Kier molecular flexibility index (Phi) is 3.79. The molecule has 0 saturated carbocycles. The van der Waals surface area contributed by atoms with E-state index < -0.39 is 11.7 Å². The van der Waals surface area contributed by atoms with Crippen molar-refractivity contribution >= 4 is 34.9 Å². The van der Waals surface area contributed by atoms with Crippen molar-refractivity contribution in [1.29, 1.82) is 0 Å². The Morgan fingerprint density at radius 3 is 2.67 bits per heavy atom.